The van der Waals surface area contributed by atoms with Crippen LogP contribution in [0.2, 0.25) is 0 Å². The zero-order chi connectivity index (χ0) is 13.5. The standard InChI is InChI=1S/C15H15N3OS/c19-14(12-7-10-3-1-2-4-11(10)16-12)18-15-17-13(8-20-15)9-5-6-9/h1-4,8-9,12,16H,5-7H2,(H,17,18,19). The van der Waals surface area contributed by atoms with Gasteiger partial charge in [-0.2, -0.15) is 0 Å². The number of anilines is 2. The van der Waals surface area contributed by atoms with E-state index in [2.05, 4.69) is 27.1 Å². The highest BCUT2D eigenvalue weighted by atomic mass is 32.1. The van der Waals surface area contributed by atoms with E-state index in [0.717, 1.165) is 22.9 Å². The maximum absolute atomic E-state index is 12.3. The minimum absolute atomic E-state index is 0.00195. The van der Waals surface area contributed by atoms with E-state index in [1.165, 1.54) is 29.7 Å². The molecule has 20 heavy (non-hydrogen) atoms. The Bertz CT molecular complexity index is 638. The summed E-state index contributed by atoms with van der Waals surface area (Å²) >= 11 is 1.52. The summed E-state index contributed by atoms with van der Waals surface area (Å²) in [4.78, 5) is 16.8. The Balaban J connectivity index is 1.43. The average molecular weight is 285 g/mol. The number of nitrogens with one attached hydrogen (secondary N) is 2. The Morgan fingerprint density at radius 3 is 3.00 bits per heavy atom. The van der Waals surface area contributed by atoms with Gasteiger partial charge in [-0.25, -0.2) is 4.98 Å². The number of nitrogens with zero attached hydrogens (tertiary/aromatic N) is 1. The van der Waals surface area contributed by atoms with Gasteiger partial charge in [0, 0.05) is 23.4 Å². The SMILES string of the molecule is O=C(Nc1nc(C2CC2)cs1)C1Cc2ccccc2N1. The van der Waals surface area contributed by atoms with Gasteiger partial charge < -0.3 is 10.6 Å². The third-order valence-corrected chi connectivity index (χ3v) is 4.61. The van der Waals surface area contributed by atoms with E-state index >= 15 is 0 Å². The number of carbonyl (C=O) groups excluding carboxylic acids is 1. The van der Waals surface area contributed by atoms with Crippen molar-refractivity contribution in [2.75, 3.05) is 10.6 Å². The third-order valence-electron chi connectivity index (χ3n) is 3.84. The first-order valence-corrected chi connectivity index (χ1v) is 7.78. The highest BCUT2D eigenvalue weighted by Gasteiger charge is 2.28. The quantitative estimate of drug-likeness (QED) is 0.911. The lowest BCUT2D eigenvalue weighted by Gasteiger charge is -2.09. The molecule has 0 radical (unpaired) electrons. The molecule has 5 heteroatoms. The summed E-state index contributed by atoms with van der Waals surface area (Å²) in [6, 6.07) is 7.86. The van der Waals surface area contributed by atoms with E-state index in [0.29, 0.717) is 5.92 Å². The number of thiazole rings is 1. The van der Waals surface area contributed by atoms with Crippen molar-refractivity contribution in [1.82, 2.24) is 4.98 Å². The van der Waals surface area contributed by atoms with Crippen molar-refractivity contribution in [1.29, 1.82) is 0 Å². The molecule has 4 nitrogen and oxygen atoms in total. The van der Waals surface area contributed by atoms with Gasteiger partial charge in [0.25, 0.3) is 0 Å². The second-order valence-corrected chi connectivity index (χ2v) is 6.26. The predicted molar refractivity (Wildman–Crippen MR) is 80.3 cm³/mol. The van der Waals surface area contributed by atoms with E-state index in [-0.39, 0.29) is 11.9 Å². The molecule has 1 aromatic carbocycles. The Morgan fingerprint density at radius 2 is 2.20 bits per heavy atom. The van der Waals surface area contributed by atoms with Gasteiger partial charge in [0.15, 0.2) is 5.13 Å². The summed E-state index contributed by atoms with van der Waals surface area (Å²) < 4.78 is 0. The number of carbonyl (C=O) groups is 1. The molecule has 1 aliphatic heterocycles. The van der Waals surface area contributed by atoms with E-state index < -0.39 is 0 Å². The van der Waals surface area contributed by atoms with Gasteiger partial charge in [-0.05, 0) is 24.5 Å². The van der Waals surface area contributed by atoms with E-state index in [1.54, 1.807) is 0 Å². The molecule has 0 saturated heterocycles. The first-order valence-electron chi connectivity index (χ1n) is 6.90. The summed E-state index contributed by atoms with van der Waals surface area (Å²) in [5.41, 5.74) is 3.39. The summed E-state index contributed by atoms with van der Waals surface area (Å²) in [6.45, 7) is 0. The summed E-state index contributed by atoms with van der Waals surface area (Å²) in [5, 5.41) is 8.97. The van der Waals surface area contributed by atoms with Crippen molar-refractivity contribution in [3.8, 4) is 0 Å². The number of rotatable bonds is 3. The number of aromatic nitrogens is 1. The molecule has 0 bridgehead atoms. The predicted octanol–water partition coefficient (Wildman–Crippen LogP) is 3.00. The van der Waals surface area contributed by atoms with Gasteiger partial charge in [-0.15, -0.1) is 11.3 Å². The molecule has 1 unspecified atom stereocenters. The second kappa shape index (κ2) is 4.59. The largest absolute Gasteiger partial charge is 0.373 e. The molecule has 1 fully saturated rings. The average Bonchev–Trinajstić information content (AvgIpc) is 3.04. The van der Waals surface area contributed by atoms with Crippen LogP contribution in [0.15, 0.2) is 29.6 Å². The van der Waals surface area contributed by atoms with Gasteiger partial charge >= 0.3 is 0 Å². The van der Waals surface area contributed by atoms with Crippen molar-refractivity contribution in [3.05, 3.63) is 40.9 Å². The Labute approximate surface area is 121 Å². The molecule has 102 valence electrons. The van der Waals surface area contributed by atoms with Gasteiger partial charge in [0.2, 0.25) is 5.91 Å². The molecule has 1 aromatic heterocycles. The van der Waals surface area contributed by atoms with Gasteiger partial charge in [0.1, 0.15) is 6.04 Å². The van der Waals surface area contributed by atoms with Crippen LogP contribution in [0.25, 0.3) is 0 Å². The highest BCUT2D eigenvalue weighted by molar-refractivity contribution is 7.13. The summed E-state index contributed by atoms with van der Waals surface area (Å²) in [7, 11) is 0. The molecule has 4 rings (SSSR count). The van der Waals surface area contributed by atoms with Crippen molar-refractivity contribution in [2.45, 2.75) is 31.2 Å². The normalized spacial score (nSPS) is 20.3. The Hall–Kier alpha value is -1.88. The molecular formula is C15H15N3OS. The summed E-state index contributed by atoms with van der Waals surface area (Å²) in [5.74, 6) is 0.628. The minimum Gasteiger partial charge on any atom is -0.373 e. The molecule has 2 N–H and O–H groups in total. The molecule has 1 atom stereocenters. The van der Waals surface area contributed by atoms with Crippen LogP contribution < -0.4 is 10.6 Å². The zero-order valence-electron chi connectivity index (χ0n) is 10.9. The molecule has 1 amide bonds. The molecule has 2 aromatic rings. The number of para-hydroxylation sites is 1. The van der Waals surface area contributed by atoms with Crippen LogP contribution in [-0.4, -0.2) is 16.9 Å². The maximum Gasteiger partial charge on any atom is 0.248 e. The molecule has 2 aliphatic rings. The molecule has 1 aliphatic carbocycles. The van der Waals surface area contributed by atoms with Gasteiger partial charge in [-0.3, -0.25) is 4.79 Å². The number of fused-ring (bicyclic) bond motifs is 1. The lowest BCUT2D eigenvalue weighted by molar-refractivity contribution is -0.116. The van der Waals surface area contributed by atoms with Crippen LogP contribution in [0.4, 0.5) is 10.8 Å². The number of amides is 1. The molecule has 1 saturated carbocycles. The van der Waals surface area contributed by atoms with Crippen LogP contribution in [0.3, 0.4) is 0 Å². The second-order valence-electron chi connectivity index (χ2n) is 5.40. The molecule has 2 heterocycles. The summed E-state index contributed by atoms with van der Waals surface area (Å²) in [6.07, 6.45) is 3.20. The van der Waals surface area contributed by atoms with E-state index in [4.69, 9.17) is 0 Å². The van der Waals surface area contributed by atoms with Gasteiger partial charge in [-0.1, -0.05) is 18.2 Å². The number of hydrogen-bond acceptors (Lipinski definition) is 4. The lowest BCUT2D eigenvalue weighted by Crippen LogP contribution is -2.32. The zero-order valence-corrected chi connectivity index (χ0v) is 11.7. The molecular weight excluding hydrogens is 270 g/mol. The van der Waals surface area contributed by atoms with Crippen LogP contribution in [0.5, 0.6) is 0 Å². The van der Waals surface area contributed by atoms with Crippen LogP contribution in [0.1, 0.15) is 30.0 Å². The van der Waals surface area contributed by atoms with Crippen molar-refractivity contribution < 1.29 is 4.79 Å². The highest BCUT2D eigenvalue weighted by Crippen LogP contribution is 2.40. The van der Waals surface area contributed by atoms with E-state index in [1.807, 2.05) is 18.2 Å². The Morgan fingerprint density at radius 1 is 1.35 bits per heavy atom. The molecule has 0 spiro atoms. The smallest absolute Gasteiger partial charge is 0.248 e. The first-order chi connectivity index (χ1) is 9.79. The fraction of sp³-hybridized carbons (Fsp3) is 0.333. The van der Waals surface area contributed by atoms with Crippen molar-refractivity contribution in [2.24, 2.45) is 0 Å². The maximum atomic E-state index is 12.3. The number of hydrogen-bond donors (Lipinski definition) is 2. The fourth-order valence-corrected chi connectivity index (χ4v) is 3.35. The topological polar surface area (TPSA) is 54.0 Å². The van der Waals surface area contributed by atoms with Crippen LogP contribution in [-0.2, 0) is 11.2 Å². The lowest BCUT2D eigenvalue weighted by atomic mass is 10.1. The fourth-order valence-electron chi connectivity index (χ4n) is 2.56. The van der Waals surface area contributed by atoms with Gasteiger partial charge in [0.05, 0.1) is 5.69 Å². The Kier molecular flexibility index (Phi) is 2.73. The first kappa shape index (κ1) is 11.9. The monoisotopic (exact) mass is 285 g/mol. The van der Waals surface area contributed by atoms with Crippen molar-refractivity contribution >= 4 is 28.1 Å². The van der Waals surface area contributed by atoms with Crippen LogP contribution in [0, 0.1) is 0 Å². The number of benzene rings is 1. The van der Waals surface area contributed by atoms with Crippen LogP contribution >= 0.6 is 11.3 Å². The van der Waals surface area contributed by atoms with E-state index in [9.17, 15) is 4.79 Å². The minimum atomic E-state index is -0.194. The third kappa shape index (κ3) is 2.18. The van der Waals surface area contributed by atoms with Crippen molar-refractivity contribution in [3.63, 3.8) is 0 Å².